The number of amides is 1. The summed E-state index contributed by atoms with van der Waals surface area (Å²) in [6.07, 6.45) is 0. The van der Waals surface area contributed by atoms with Gasteiger partial charge in [0.2, 0.25) is 11.8 Å². The molecule has 0 saturated carbocycles. The van der Waals surface area contributed by atoms with Crippen LogP contribution in [0.25, 0.3) is 0 Å². The van der Waals surface area contributed by atoms with Crippen molar-refractivity contribution in [2.24, 2.45) is 0 Å². The molecule has 0 radical (unpaired) electrons. The number of H-pyrrole nitrogens is 1. The lowest BCUT2D eigenvalue weighted by Gasteiger charge is -2.17. The van der Waals surface area contributed by atoms with Crippen molar-refractivity contribution in [1.29, 1.82) is 0 Å². The molecule has 0 fully saturated rings. The molecule has 1 unspecified atom stereocenters. The van der Waals surface area contributed by atoms with E-state index in [9.17, 15) is 19.5 Å². The zero-order valence-electron chi connectivity index (χ0n) is 9.85. The molecule has 1 atom stereocenters. The highest BCUT2D eigenvalue weighted by Gasteiger charge is 2.19. The minimum atomic E-state index is -0.901. The SMILES string of the molecule is CC(C)NC(=O)C(C)n1c(O)cc(=O)[nH]c1=O. The monoisotopic (exact) mass is 241 g/mol. The Bertz CT molecular complexity index is 529. The van der Waals surface area contributed by atoms with E-state index in [0.717, 1.165) is 10.6 Å². The van der Waals surface area contributed by atoms with Crippen molar-refractivity contribution in [2.45, 2.75) is 32.9 Å². The molecule has 0 aliphatic heterocycles. The molecule has 0 spiro atoms. The topological polar surface area (TPSA) is 104 Å². The molecule has 7 heteroatoms. The van der Waals surface area contributed by atoms with E-state index in [4.69, 9.17) is 0 Å². The molecule has 94 valence electrons. The molecular formula is C10H15N3O4. The molecule has 0 aromatic carbocycles. The van der Waals surface area contributed by atoms with Gasteiger partial charge in [0.05, 0.1) is 6.07 Å². The van der Waals surface area contributed by atoms with Crippen LogP contribution in [0.4, 0.5) is 0 Å². The van der Waals surface area contributed by atoms with Crippen molar-refractivity contribution in [3.05, 3.63) is 26.9 Å². The van der Waals surface area contributed by atoms with Gasteiger partial charge in [-0.3, -0.25) is 19.1 Å². The summed E-state index contributed by atoms with van der Waals surface area (Å²) in [4.78, 5) is 36.0. The Morgan fingerprint density at radius 2 is 2.00 bits per heavy atom. The summed E-state index contributed by atoms with van der Waals surface area (Å²) in [5.74, 6) is -0.949. The second-order valence-corrected chi connectivity index (χ2v) is 4.01. The predicted molar refractivity (Wildman–Crippen MR) is 61.0 cm³/mol. The molecular weight excluding hydrogens is 226 g/mol. The minimum absolute atomic E-state index is 0.0782. The normalized spacial score (nSPS) is 12.5. The second-order valence-electron chi connectivity index (χ2n) is 4.01. The zero-order chi connectivity index (χ0) is 13.2. The third kappa shape index (κ3) is 2.96. The van der Waals surface area contributed by atoms with Crippen molar-refractivity contribution >= 4 is 5.91 Å². The Balaban J connectivity index is 3.13. The standard InChI is InChI=1S/C10H15N3O4/c1-5(2)11-9(16)6(3)13-8(15)4-7(14)12-10(13)17/h4-6,15H,1-3H3,(H,11,16)(H,12,14,17). The van der Waals surface area contributed by atoms with E-state index in [1.807, 2.05) is 4.98 Å². The lowest BCUT2D eigenvalue weighted by molar-refractivity contribution is -0.124. The molecule has 1 amide bonds. The summed E-state index contributed by atoms with van der Waals surface area (Å²) in [7, 11) is 0. The van der Waals surface area contributed by atoms with Gasteiger partial charge >= 0.3 is 5.69 Å². The van der Waals surface area contributed by atoms with Crippen LogP contribution in [0.1, 0.15) is 26.8 Å². The summed E-state index contributed by atoms with van der Waals surface area (Å²) in [6, 6.07) is -0.132. The highest BCUT2D eigenvalue weighted by molar-refractivity contribution is 5.80. The molecule has 0 bridgehead atoms. The Hall–Kier alpha value is -2.05. The van der Waals surface area contributed by atoms with E-state index in [1.54, 1.807) is 13.8 Å². The maximum atomic E-state index is 11.7. The van der Waals surface area contributed by atoms with Crippen LogP contribution in [0.5, 0.6) is 5.88 Å². The average molecular weight is 241 g/mol. The molecule has 1 rings (SSSR count). The molecule has 3 N–H and O–H groups in total. The molecule has 17 heavy (non-hydrogen) atoms. The average Bonchev–Trinajstić information content (AvgIpc) is 2.14. The maximum absolute atomic E-state index is 11.7. The minimum Gasteiger partial charge on any atom is -0.494 e. The van der Waals surface area contributed by atoms with Crippen LogP contribution in [-0.4, -0.2) is 26.6 Å². The van der Waals surface area contributed by atoms with Crippen molar-refractivity contribution in [2.75, 3.05) is 0 Å². The van der Waals surface area contributed by atoms with Crippen molar-refractivity contribution in [3.8, 4) is 5.88 Å². The van der Waals surface area contributed by atoms with Crippen LogP contribution in [-0.2, 0) is 4.79 Å². The quantitative estimate of drug-likeness (QED) is 0.652. The Kier molecular flexibility index (Phi) is 3.72. The number of hydrogen-bond acceptors (Lipinski definition) is 4. The first-order valence-electron chi connectivity index (χ1n) is 5.18. The van der Waals surface area contributed by atoms with Gasteiger partial charge in [0.15, 0.2) is 0 Å². The number of aromatic hydroxyl groups is 1. The fourth-order valence-electron chi connectivity index (χ4n) is 1.39. The van der Waals surface area contributed by atoms with Gasteiger partial charge in [-0.1, -0.05) is 0 Å². The highest BCUT2D eigenvalue weighted by Crippen LogP contribution is 2.10. The van der Waals surface area contributed by atoms with Gasteiger partial charge in [-0.25, -0.2) is 4.79 Å². The van der Waals surface area contributed by atoms with E-state index in [2.05, 4.69) is 5.32 Å². The largest absolute Gasteiger partial charge is 0.494 e. The van der Waals surface area contributed by atoms with Crippen LogP contribution >= 0.6 is 0 Å². The maximum Gasteiger partial charge on any atom is 0.331 e. The lowest BCUT2D eigenvalue weighted by atomic mass is 10.2. The van der Waals surface area contributed by atoms with Gasteiger partial charge in [0.25, 0.3) is 5.56 Å². The van der Waals surface area contributed by atoms with Crippen molar-refractivity contribution < 1.29 is 9.90 Å². The number of aromatic nitrogens is 2. The van der Waals surface area contributed by atoms with Crippen LogP contribution in [0, 0.1) is 0 Å². The summed E-state index contributed by atoms with van der Waals surface area (Å²) >= 11 is 0. The second kappa shape index (κ2) is 4.86. The third-order valence-electron chi connectivity index (χ3n) is 2.15. The Labute approximate surface area is 97.1 Å². The molecule has 1 heterocycles. The summed E-state index contributed by atoms with van der Waals surface area (Å²) < 4.78 is 0.819. The van der Waals surface area contributed by atoms with Crippen LogP contribution in [0.2, 0.25) is 0 Å². The van der Waals surface area contributed by atoms with E-state index in [0.29, 0.717) is 0 Å². The first-order chi connectivity index (χ1) is 7.82. The van der Waals surface area contributed by atoms with Gasteiger partial charge in [0.1, 0.15) is 6.04 Å². The first-order valence-corrected chi connectivity index (χ1v) is 5.18. The van der Waals surface area contributed by atoms with Crippen LogP contribution < -0.4 is 16.6 Å². The number of rotatable bonds is 3. The van der Waals surface area contributed by atoms with Gasteiger partial charge < -0.3 is 10.4 Å². The number of nitrogens with one attached hydrogen (secondary N) is 2. The fraction of sp³-hybridized carbons (Fsp3) is 0.500. The third-order valence-corrected chi connectivity index (χ3v) is 2.15. The number of aromatic amines is 1. The number of carbonyl (C=O) groups is 1. The Morgan fingerprint density at radius 1 is 1.41 bits per heavy atom. The van der Waals surface area contributed by atoms with Gasteiger partial charge in [0, 0.05) is 6.04 Å². The van der Waals surface area contributed by atoms with Crippen LogP contribution in [0.3, 0.4) is 0 Å². The summed E-state index contributed by atoms with van der Waals surface area (Å²) in [5, 5.41) is 12.1. The van der Waals surface area contributed by atoms with Gasteiger partial charge in [-0.15, -0.1) is 0 Å². The lowest BCUT2D eigenvalue weighted by Crippen LogP contribution is -2.40. The van der Waals surface area contributed by atoms with E-state index >= 15 is 0 Å². The summed E-state index contributed by atoms with van der Waals surface area (Å²) in [6.45, 7) is 5.01. The Morgan fingerprint density at radius 3 is 2.47 bits per heavy atom. The van der Waals surface area contributed by atoms with Crippen LogP contribution in [0.15, 0.2) is 15.7 Å². The first kappa shape index (κ1) is 13.0. The highest BCUT2D eigenvalue weighted by atomic mass is 16.3. The van der Waals surface area contributed by atoms with E-state index in [-0.39, 0.29) is 6.04 Å². The molecule has 1 aromatic rings. The molecule has 7 nitrogen and oxygen atoms in total. The summed E-state index contributed by atoms with van der Waals surface area (Å²) in [5.41, 5.74) is -1.53. The van der Waals surface area contributed by atoms with E-state index < -0.39 is 29.1 Å². The fourth-order valence-corrected chi connectivity index (χ4v) is 1.39. The number of nitrogens with zero attached hydrogens (tertiary/aromatic N) is 1. The number of hydrogen-bond donors (Lipinski definition) is 3. The van der Waals surface area contributed by atoms with Gasteiger partial charge in [-0.05, 0) is 20.8 Å². The molecule has 0 aliphatic carbocycles. The molecule has 1 aromatic heterocycles. The smallest absolute Gasteiger partial charge is 0.331 e. The van der Waals surface area contributed by atoms with E-state index in [1.165, 1.54) is 6.92 Å². The molecule has 0 aliphatic rings. The predicted octanol–water partition coefficient (Wildman–Crippen LogP) is -0.672. The molecule has 0 saturated heterocycles. The zero-order valence-corrected chi connectivity index (χ0v) is 9.85. The number of carbonyl (C=O) groups excluding carboxylic acids is 1. The van der Waals surface area contributed by atoms with Crippen molar-refractivity contribution in [3.63, 3.8) is 0 Å². The van der Waals surface area contributed by atoms with Gasteiger partial charge in [-0.2, -0.15) is 0 Å². The van der Waals surface area contributed by atoms with Crippen molar-refractivity contribution in [1.82, 2.24) is 14.9 Å².